The van der Waals surface area contributed by atoms with Crippen LogP contribution in [0.25, 0.3) is 0 Å². The van der Waals surface area contributed by atoms with Gasteiger partial charge < -0.3 is 65.7 Å². The first-order valence-electron chi connectivity index (χ1n) is 0.698. The molecule has 0 aromatic carbocycles. The maximum absolute atomic E-state index is 8.74. The summed E-state index contributed by atoms with van der Waals surface area (Å²) in [5.74, 6) is 0. The first-order chi connectivity index (χ1) is 2.00. The Morgan fingerprint density at radius 1 is 0.474 bits per heavy atom. The Morgan fingerprint density at radius 3 is 0.474 bits per heavy atom. The first-order valence-corrected chi connectivity index (χ1v) is 2.10. The van der Waals surface area contributed by atoms with Crippen molar-refractivity contribution >= 4 is 61.8 Å². The normalized spacial score (nSPS) is 3.05. The van der Waals surface area contributed by atoms with E-state index in [0.717, 1.165) is 0 Å². The zero-order valence-electron chi connectivity index (χ0n) is 8.53. The molecule has 0 aliphatic rings. The van der Waals surface area contributed by atoms with Gasteiger partial charge in [-0.3, -0.25) is 9.11 Å². The fraction of sp³-hybridized carbons (Fsp3) is 0. The van der Waals surface area contributed by atoms with Crippen LogP contribution in [-0.4, -0.2) is 135 Å². The monoisotopic (exact) mass is 406 g/mol. The van der Waals surface area contributed by atoms with Crippen molar-refractivity contribution in [2.24, 2.45) is 0 Å². The molecule has 0 radical (unpaired) electrons. The van der Waals surface area contributed by atoms with Gasteiger partial charge in [0.05, 0.1) is 0 Å². The molecule has 0 heterocycles. The molecule has 0 amide bonds. The minimum absolute atomic E-state index is 0. The predicted molar refractivity (Wildman–Crippen MR) is 64.7 cm³/mol. The molecular formula is H27CrKO16S. The molecular weight excluding hydrogens is 379 g/mol. The Morgan fingerprint density at radius 2 is 0.474 bits per heavy atom. The van der Waals surface area contributed by atoms with Gasteiger partial charge in [0.25, 0.3) is 0 Å². The SMILES string of the molecule is O.O.O.O.O.O.O.O.O.O.O.O.O=S(=O)(O)O.[Cr].[KH]. The third-order valence-electron chi connectivity index (χ3n) is 0. The van der Waals surface area contributed by atoms with Crippen molar-refractivity contribution in [2.75, 3.05) is 0 Å². The molecule has 0 aliphatic carbocycles. The van der Waals surface area contributed by atoms with Crippen LogP contribution < -0.4 is 0 Å². The van der Waals surface area contributed by atoms with E-state index in [2.05, 4.69) is 0 Å². The summed E-state index contributed by atoms with van der Waals surface area (Å²) in [5, 5.41) is 0. The van der Waals surface area contributed by atoms with Gasteiger partial charge in [-0.1, -0.05) is 0 Å². The third kappa shape index (κ3) is 2480. The maximum atomic E-state index is 8.74. The van der Waals surface area contributed by atoms with E-state index in [0.29, 0.717) is 0 Å². The number of hydrogen-bond donors (Lipinski definition) is 2. The summed E-state index contributed by atoms with van der Waals surface area (Å²) in [4.78, 5) is 0. The summed E-state index contributed by atoms with van der Waals surface area (Å²) >= 11 is 0. The van der Waals surface area contributed by atoms with Crippen LogP contribution in [0.3, 0.4) is 0 Å². The van der Waals surface area contributed by atoms with E-state index in [9.17, 15) is 0 Å². The topological polar surface area (TPSA) is 453 Å². The second-order valence-electron chi connectivity index (χ2n) is 0.448. The van der Waals surface area contributed by atoms with Crippen LogP contribution in [0.2, 0.25) is 0 Å². The van der Waals surface area contributed by atoms with E-state index in [4.69, 9.17) is 17.5 Å². The Labute approximate surface area is 161 Å². The molecule has 0 fully saturated rings. The van der Waals surface area contributed by atoms with Gasteiger partial charge in [0, 0.05) is 17.4 Å². The van der Waals surface area contributed by atoms with Crippen LogP contribution in [0.1, 0.15) is 0 Å². The molecule has 0 saturated heterocycles. The minimum atomic E-state index is -4.67. The van der Waals surface area contributed by atoms with Crippen molar-refractivity contribution in [1.82, 2.24) is 0 Å². The van der Waals surface area contributed by atoms with E-state index in [1.807, 2.05) is 0 Å². The van der Waals surface area contributed by atoms with Gasteiger partial charge in [-0.15, -0.1) is 0 Å². The number of hydrogen-bond acceptors (Lipinski definition) is 2. The Bertz CT molecular complexity index is 99.9. The van der Waals surface area contributed by atoms with Gasteiger partial charge in [-0.05, 0) is 0 Å². The van der Waals surface area contributed by atoms with Crippen molar-refractivity contribution in [3.05, 3.63) is 0 Å². The first kappa shape index (κ1) is 255. The van der Waals surface area contributed by atoms with Crippen molar-refractivity contribution < 1.29 is 101 Å². The molecule has 136 valence electrons. The summed E-state index contributed by atoms with van der Waals surface area (Å²) in [6.45, 7) is 0. The molecule has 26 N–H and O–H groups in total. The molecule has 0 atom stereocenters. The summed E-state index contributed by atoms with van der Waals surface area (Å²) < 4.78 is 31.6. The zero-order chi connectivity index (χ0) is 4.50. The fourth-order valence-corrected chi connectivity index (χ4v) is 0. The van der Waals surface area contributed by atoms with Crippen molar-refractivity contribution in [1.29, 1.82) is 0 Å². The molecule has 0 saturated carbocycles. The molecule has 0 spiro atoms. The second-order valence-corrected chi connectivity index (χ2v) is 1.34. The van der Waals surface area contributed by atoms with E-state index in [-0.39, 0.29) is 134 Å². The van der Waals surface area contributed by atoms with Gasteiger partial charge >= 0.3 is 61.8 Å². The molecule has 0 unspecified atom stereocenters. The van der Waals surface area contributed by atoms with Crippen LogP contribution in [0.4, 0.5) is 0 Å². The van der Waals surface area contributed by atoms with E-state index < -0.39 is 10.4 Å². The molecule has 0 aromatic rings. The second kappa shape index (κ2) is 118. The molecule has 19 heavy (non-hydrogen) atoms. The van der Waals surface area contributed by atoms with Gasteiger partial charge in [-0.25, -0.2) is 0 Å². The molecule has 0 aromatic heterocycles. The van der Waals surface area contributed by atoms with Crippen LogP contribution in [0, 0.1) is 0 Å². The zero-order valence-corrected chi connectivity index (χ0v) is 10.6. The molecule has 19 heteroatoms. The van der Waals surface area contributed by atoms with Gasteiger partial charge in [-0.2, -0.15) is 8.42 Å². The summed E-state index contributed by atoms with van der Waals surface area (Å²) in [6.07, 6.45) is 0. The van der Waals surface area contributed by atoms with Gasteiger partial charge in [0.1, 0.15) is 0 Å². The predicted octanol–water partition coefficient (Wildman–Crippen LogP) is -11.2. The molecule has 0 aliphatic heterocycles. The van der Waals surface area contributed by atoms with Gasteiger partial charge in [0.2, 0.25) is 0 Å². The quantitative estimate of drug-likeness (QED) is 0.292. The standard InChI is InChI=1S/Cr.K.H2O4S.12H2O.H/c;;1-5(2,3)4;;;;;;;;;;;;;/h;;(H2,1,2,3,4);12*1H2;. The van der Waals surface area contributed by atoms with Crippen LogP contribution in [0.5, 0.6) is 0 Å². The van der Waals surface area contributed by atoms with Crippen LogP contribution >= 0.6 is 0 Å². The van der Waals surface area contributed by atoms with Crippen LogP contribution in [-0.2, 0) is 27.8 Å². The number of rotatable bonds is 0. The Balaban J connectivity index is -0.000000000879. The summed E-state index contributed by atoms with van der Waals surface area (Å²) in [7, 11) is -4.67. The Hall–Kier alpha value is 1.56. The van der Waals surface area contributed by atoms with Gasteiger partial charge in [0.15, 0.2) is 0 Å². The van der Waals surface area contributed by atoms with Crippen molar-refractivity contribution in [3.8, 4) is 0 Å². The van der Waals surface area contributed by atoms with E-state index >= 15 is 0 Å². The van der Waals surface area contributed by atoms with E-state index in [1.165, 1.54) is 0 Å². The average molecular weight is 406 g/mol. The Kier molecular flexibility index (Phi) is 1580. The molecule has 0 rings (SSSR count). The summed E-state index contributed by atoms with van der Waals surface area (Å²) in [5.41, 5.74) is 0. The van der Waals surface area contributed by atoms with Crippen LogP contribution in [0.15, 0.2) is 0 Å². The fourth-order valence-electron chi connectivity index (χ4n) is 0. The van der Waals surface area contributed by atoms with Crippen molar-refractivity contribution in [2.45, 2.75) is 0 Å². The van der Waals surface area contributed by atoms with Crippen molar-refractivity contribution in [3.63, 3.8) is 0 Å². The third-order valence-corrected chi connectivity index (χ3v) is 0. The molecule has 16 nitrogen and oxygen atoms in total. The average Bonchev–Trinajstić information content (AvgIpc) is 0.722. The molecule has 0 bridgehead atoms. The summed E-state index contributed by atoms with van der Waals surface area (Å²) in [6, 6.07) is 0. The van der Waals surface area contributed by atoms with E-state index in [1.54, 1.807) is 0 Å².